The van der Waals surface area contributed by atoms with Gasteiger partial charge in [-0.15, -0.1) is 11.8 Å². The second-order valence-electron chi connectivity index (χ2n) is 6.67. The van der Waals surface area contributed by atoms with Gasteiger partial charge in [0.2, 0.25) is 17.6 Å². The van der Waals surface area contributed by atoms with Crippen molar-refractivity contribution in [1.29, 1.82) is 0 Å². The summed E-state index contributed by atoms with van der Waals surface area (Å²) in [6, 6.07) is 15.8. The molecule has 7 heteroatoms. The van der Waals surface area contributed by atoms with Gasteiger partial charge in [0, 0.05) is 12.1 Å². The van der Waals surface area contributed by atoms with Gasteiger partial charge in [-0.25, -0.2) is 0 Å². The lowest BCUT2D eigenvalue weighted by atomic mass is 10.1. The van der Waals surface area contributed by atoms with E-state index in [1.807, 2.05) is 62.4 Å². The Balaban J connectivity index is 1.43. The molecule has 0 aliphatic rings. The highest BCUT2D eigenvalue weighted by molar-refractivity contribution is 7.99. The van der Waals surface area contributed by atoms with Crippen molar-refractivity contribution in [3.8, 4) is 17.1 Å². The van der Waals surface area contributed by atoms with E-state index in [0.29, 0.717) is 24.0 Å². The molecule has 152 valence electrons. The topological polar surface area (TPSA) is 77.2 Å². The first-order chi connectivity index (χ1) is 14.1. The number of carbonyl (C=O) groups is 1. The summed E-state index contributed by atoms with van der Waals surface area (Å²) >= 11 is 1.48. The molecule has 0 radical (unpaired) electrons. The predicted molar refractivity (Wildman–Crippen MR) is 115 cm³/mol. The third-order valence-electron chi connectivity index (χ3n) is 4.55. The predicted octanol–water partition coefficient (Wildman–Crippen LogP) is 4.03. The summed E-state index contributed by atoms with van der Waals surface area (Å²) in [6.07, 6.45) is 0.774. The molecule has 0 saturated carbocycles. The van der Waals surface area contributed by atoms with E-state index >= 15 is 0 Å². The number of amides is 1. The van der Waals surface area contributed by atoms with Crippen LogP contribution in [-0.4, -0.2) is 35.0 Å². The zero-order chi connectivity index (χ0) is 20.6. The minimum absolute atomic E-state index is 0.00199. The highest BCUT2D eigenvalue weighted by Crippen LogP contribution is 2.22. The summed E-state index contributed by atoms with van der Waals surface area (Å²) in [5.74, 6) is 2.42. The molecular formula is C22H25N3O3S. The second-order valence-corrected chi connectivity index (χ2v) is 8.00. The highest BCUT2D eigenvalue weighted by atomic mass is 32.2. The molecule has 1 unspecified atom stereocenters. The Morgan fingerprint density at radius 2 is 1.97 bits per heavy atom. The Hall–Kier alpha value is -2.80. The second kappa shape index (κ2) is 10.1. The summed E-state index contributed by atoms with van der Waals surface area (Å²) in [7, 11) is 1.64. The van der Waals surface area contributed by atoms with Crippen LogP contribution in [0.4, 0.5) is 0 Å². The van der Waals surface area contributed by atoms with Crippen LogP contribution in [0, 0.1) is 6.92 Å². The van der Waals surface area contributed by atoms with Gasteiger partial charge in [-0.2, -0.15) is 4.98 Å². The summed E-state index contributed by atoms with van der Waals surface area (Å²) in [6.45, 7) is 4.48. The van der Waals surface area contributed by atoms with Gasteiger partial charge in [0.1, 0.15) is 5.75 Å². The number of hydrogen-bond acceptors (Lipinski definition) is 6. The maximum Gasteiger partial charge on any atom is 0.236 e. The van der Waals surface area contributed by atoms with Crippen LogP contribution in [0.25, 0.3) is 11.4 Å². The number of aryl methyl sites for hydroxylation is 1. The molecule has 1 heterocycles. The van der Waals surface area contributed by atoms with Crippen LogP contribution in [0.5, 0.6) is 5.75 Å². The fourth-order valence-corrected chi connectivity index (χ4v) is 3.53. The van der Waals surface area contributed by atoms with E-state index < -0.39 is 0 Å². The smallest absolute Gasteiger partial charge is 0.236 e. The molecule has 29 heavy (non-hydrogen) atoms. The Bertz CT molecular complexity index is 940. The van der Waals surface area contributed by atoms with Crippen molar-refractivity contribution in [2.24, 2.45) is 0 Å². The van der Waals surface area contributed by atoms with Crippen molar-refractivity contribution in [2.45, 2.75) is 31.3 Å². The monoisotopic (exact) mass is 411 g/mol. The maximum absolute atomic E-state index is 12.3. The van der Waals surface area contributed by atoms with E-state index in [-0.39, 0.29) is 11.2 Å². The quantitative estimate of drug-likeness (QED) is 0.573. The van der Waals surface area contributed by atoms with Gasteiger partial charge in [-0.05, 0) is 43.5 Å². The van der Waals surface area contributed by atoms with Gasteiger partial charge < -0.3 is 14.6 Å². The van der Waals surface area contributed by atoms with Crippen molar-refractivity contribution in [3.05, 3.63) is 65.5 Å². The average Bonchev–Trinajstić information content (AvgIpc) is 3.21. The molecule has 2 aromatic carbocycles. The molecule has 6 nitrogen and oxygen atoms in total. The number of aromatic nitrogens is 2. The Morgan fingerprint density at radius 1 is 1.21 bits per heavy atom. The van der Waals surface area contributed by atoms with Crippen molar-refractivity contribution >= 4 is 17.7 Å². The molecule has 1 N–H and O–H groups in total. The van der Waals surface area contributed by atoms with Crippen LogP contribution in [0.2, 0.25) is 0 Å². The number of benzene rings is 2. The Kier molecular flexibility index (Phi) is 7.30. The number of hydrogen-bond donors (Lipinski definition) is 1. The molecule has 1 atom stereocenters. The highest BCUT2D eigenvalue weighted by Gasteiger charge is 2.16. The third kappa shape index (κ3) is 5.84. The van der Waals surface area contributed by atoms with E-state index in [1.165, 1.54) is 11.8 Å². The van der Waals surface area contributed by atoms with Crippen LogP contribution in [0.15, 0.2) is 53.1 Å². The summed E-state index contributed by atoms with van der Waals surface area (Å²) in [5.41, 5.74) is 3.20. The molecule has 1 aromatic heterocycles. The van der Waals surface area contributed by atoms with Crippen LogP contribution in [0.1, 0.15) is 23.9 Å². The number of rotatable bonds is 9. The molecule has 0 aliphatic heterocycles. The van der Waals surface area contributed by atoms with Crippen LogP contribution in [-0.2, 0) is 17.0 Å². The molecule has 0 spiro atoms. The first-order valence-electron chi connectivity index (χ1n) is 9.47. The lowest BCUT2D eigenvalue weighted by Gasteiger charge is -2.11. The van der Waals surface area contributed by atoms with Gasteiger partial charge in [0.05, 0.1) is 18.1 Å². The van der Waals surface area contributed by atoms with Crippen molar-refractivity contribution in [3.63, 3.8) is 0 Å². The normalized spacial score (nSPS) is 11.8. The molecule has 0 aliphatic carbocycles. The van der Waals surface area contributed by atoms with Crippen LogP contribution in [0.3, 0.4) is 0 Å². The summed E-state index contributed by atoms with van der Waals surface area (Å²) in [4.78, 5) is 16.8. The van der Waals surface area contributed by atoms with E-state index in [2.05, 4.69) is 15.5 Å². The third-order valence-corrected chi connectivity index (χ3v) is 5.68. The van der Waals surface area contributed by atoms with E-state index in [9.17, 15) is 4.79 Å². The first kappa shape index (κ1) is 20.9. The summed E-state index contributed by atoms with van der Waals surface area (Å²) < 4.78 is 10.5. The van der Waals surface area contributed by atoms with Gasteiger partial charge >= 0.3 is 0 Å². The molecule has 3 aromatic rings. The fraction of sp³-hybridized carbons (Fsp3) is 0.318. The first-order valence-corrected chi connectivity index (χ1v) is 10.5. The number of ether oxygens (including phenoxy) is 1. The zero-order valence-corrected chi connectivity index (χ0v) is 17.7. The molecule has 0 fully saturated rings. The minimum Gasteiger partial charge on any atom is -0.497 e. The van der Waals surface area contributed by atoms with Crippen LogP contribution < -0.4 is 10.1 Å². The fourth-order valence-electron chi connectivity index (χ4n) is 2.78. The van der Waals surface area contributed by atoms with Crippen molar-refractivity contribution < 1.29 is 14.1 Å². The van der Waals surface area contributed by atoms with Gasteiger partial charge in [-0.1, -0.05) is 41.6 Å². The molecule has 0 saturated heterocycles. The van der Waals surface area contributed by atoms with Gasteiger partial charge in [-0.3, -0.25) is 4.79 Å². The molecule has 1 amide bonds. The average molecular weight is 412 g/mol. The van der Waals surface area contributed by atoms with Gasteiger partial charge in [0.25, 0.3) is 0 Å². The number of carbonyl (C=O) groups excluding carboxylic acids is 1. The Labute approximate surface area is 175 Å². The molecule has 0 bridgehead atoms. The van der Waals surface area contributed by atoms with E-state index in [1.54, 1.807) is 7.11 Å². The number of nitrogens with zero attached hydrogens (tertiary/aromatic N) is 2. The molecular weight excluding hydrogens is 386 g/mol. The lowest BCUT2D eigenvalue weighted by Crippen LogP contribution is -2.32. The van der Waals surface area contributed by atoms with Crippen molar-refractivity contribution in [2.75, 3.05) is 13.7 Å². The molecule has 3 rings (SSSR count). The van der Waals surface area contributed by atoms with Crippen molar-refractivity contribution in [1.82, 2.24) is 15.5 Å². The number of nitrogens with one attached hydrogen (secondary N) is 1. The largest absolute Gasteiger partial charge is 0.497 e. The lowest BCUT2D eigenvalue weighted by molar-refractivity contribution is -0.120. The summed E-state index contributed by atoms with van der Waals surface area (Å²) in [5, 5.41) is 6.82. The maximum atomic E-state index is 12.3. The Morgan fingerprint density at radius 3 is 2.69 bits per heavy atom. The zero-order valence-electron chi connectivity index (χ0n) is 16.8. The standard InChI is InChI=1S/C22H25N3O3S/c1-15-6-4-5-7-19(15)21-24-20(28-25-21)14-29-16(2)22(26)23-13-12-17-8-10-18(27-3)11-9-17/h4-11,16H,12-14H2,1-3H3,(H,23,26). The van der Waals surface area contributed by atoms with E-state index in [4.69, 9.17) is 9.26 Å². The minimum atomic E-state index is -0.209. The number of thioether (sulfide) groups is 1. The van der Waals surface area contributed by atoms with E-state index in [0.717, 1.165) is 28.9 Å². The van der Waals surface area contributed by atoms with Gasteiger partial charge in [0.15, 0.2) is 0 Å². The SMILES string of the molecule is COc1ccc(CCNC(=O)C(C)SCc2nc(-c3ccccc3C)no2)cc1. The number of methoxy groups -OCH3 is 1. The van der Waals surface area contributed by atoms with Crippen LogP contribution >= 0.6 is 11.8 Å².